The van der Waals surface area contributed by atoms with E-state index in [4.69, 9.17) is 4.42 Å². The highest BCUT2D eigenvalue weighted by molar-refractivity contribution is 5.96. The molecule has 0 spiro atoms. The number of furan rings is 1. The summed E-state index contributed by atoms with van der Waals surface area (Å²) in [4.78, 5) is 28.3. The molecular formula is C20H25N3O3. The SMILES string of the molecule is CN(C)C(CNC(=O)c1ccc(N2CCCCC2=O)cc1)c1ccco1. The van der Waals surface area contributed by atoms with Crippen molar-refractivity contribution in [3.8, 4) is 0 Å². The van der Waals surface area contributed by atoms with Gasteiger partial charge in [-0.3, -0.25) is 14.5 Å². The molecule has 3 rings (SSSR count). The predicted molar refractivity (Wildman–Crippen MR) is 100 cm³/mol. The fourth-order valence-electron chi connectivity index (χ4n) is 3.18. The molecule has 0 bridgehead atoms. The molecule has 1 aliphatic rings. The lowest BCUT2D eigenvalue weighted by molar-refractivity contribution is -0.119. The average molecular weight is 355 g/mol. The third-order valence-corrected chi connectivity index (χ3v) is 4.72. The maximum atomic E-state index is 12.5. The Bertz CT molecular complexity index is 738. The zero-order valence-corrected chi connectivity index (χ0v) is 15.3. The molecule has 0 saturated carbocycles. The van der Waals surface area contributed by atoms with E-state index in [1.54, 1.807) is 23.3 Å². The van der Waals surface area contributed by atoms with Gasteiger partial charge in [0.05, 0.1) is 12.3 Å². The quantitative estimate of drug-likeness (QED) is 0.865. The van der Waals surface area contributed by atoms with E-state index in [1.165, 1.54) is 0 Å². The standard InChI is InChI=1S/C20H25N3O3/c1-22(2)17(18-6-5-13-26-18)14-21-20(25)15-8-10-16(11-9-15)23-12-4-3-7-19(23)24/h5-6,8-11,13,17H,3-4,7,12,14H2,1-2H3,(H,21,25). The molecule has 1 aromatic heterocycles. The van der Waals surface area contributed by atoms with Crippen LogP contribution in [-0.4, -0.2) is 43.9 Å². The highest BCUT2D eigenvalue weighted by atomic mass is 16.3. The number of benzene rings is 1. The molecule has 1 aliphatic heterocycles. The molecule has 1 N–H and O–H groups in total. The zero-order chi connectivity index (χ0) is 18.5. The molecule has 6 heteroatoms. The van der Waals surface area contributed by atoms with Crippen LogP contribution < -0.4 is 10.2 Å². The topological polar surface area (TPSA) is 65.8 Å². The molecule has 138 valence electrons. The Hall–Kier alpha value is -2.60. The second-order valence-electron chi connectivity index (χ2n) is 6.75. The highest BCUT2D eigenvalue weighted by Gasteiger charge is 2.21. The Kier molecular flexibility index (Phi) is 5.73. The first kappa shape index (κ1) is 18.2. The van der Waals surface area contributed by atoms with Crippen LogP contribution in [-0.2, 0) is 4.79 Å². The first-order valence-electron chi connectivity index (χ1n) is 8.94. The van der Waals surface area contributed by atoms with Gasteiger partial charge in [-0.1, -0.05) is 0 Å². The second-order valence-corrected chi connectivity index (χ2v) is 6.75. The fourth-order valence-corrected chi connectivity index (χ4v) is 3.18. The van der Waals surface area contributed by atoms with Crippen LogP contribution in [0, 0.1) is 0 Å². The monoisotopic (exact) mass is 355 g/mol. The molecule has 2 amide bonds. The summed E-state index contributed by atoms with van der Waals surface area (Å²) >= 11 is 0. The maximum absolute atomic E-state index is 12.5. The largest absolute Gasteiger partial charge is 0.468 e. The van der Waals surface area contributed by atoms with Crippen molar-refractivity contribution in [2.24, 2.45) is 0 Å². The van der Waals surface area contributed by atoms with Crippen LogP contribution in [0.4, 0.5) is 5.69 Å². The molecule has 1 aromatic carbocycles. The fraction of sp³-hybridized carbons (Fsp3) is 0.400. The van der Waals surface area contributed by atoms with Gasteiger partial charge in [0.15, 0.2) is 0 Å². The Morgan fingerprint density at radius 2 is 2.00 bits per heavy atom. The lowest BCUT2D eigenvalue weighted by Gasteiger charge is -2.27. The minimum Gasteiger partial charge on any atom is -0.468 e. The van der Waals surface area contributed by atoms with Crippen LogP contribution in [0.15, 0.2) is 47.1 Å². The minimum absolute atomic E-state index is 0.0285. The van der Waals surface area contributed by atoms with E-state index in [1.807, 2.05) is 43.3 Å². The number of nitrogens with one attached hydrogen (secondary N) is 1. The summed E-state index contributed by atoms with van der Waals surface area (Å²) in [5.74, 6) is 0.829. The average Bonchev–Trinajstić information content (AvgIpc) is 3.16. The van der Waals surface area contributed by atoms with Gasteiger partial charge in [0, 0.05) is 30.8 Å². The number of rotatable bonds is 6. The summed E-state index contributed by atoms with van der Waals surface area (Å²) in [6.45, 7) is 1.20. The van der Waals surface area contributed by atoms with Crippen LogP contribution in [0.5, 0.6) is 0 Å². The number of piperidine rings is 1. The van der Waals surface area contributed by atoms with Crippen molar-refractivity contribution in [2.75, 3.05) is 32.1 Å². The number of hydrogen-bond donors (Lipinski definition) is 1. The first-order chi connectivity index (χ1) is 12.6. The van der Waals surface area contributed by atoms with Crippen LogP contribution in [0.2, 0.25) is 0 Å². The van der Waals surface area contributed by atoms with E-state index in [0.717, 1.165) is 30.8 Å². The van der Waals surface area contributed by atoms with Crippen molar-refractivity contribution in [3.05, 3.63) is 54.0 Å². The van der Waals surface area contributed by atoms with Gasteiger partial charge in [-0.2, -0.15) is 0 Å². The molecule has 1 saturated heterocycles. The van der Waals surface area contributed by atoms with Crippen molar-refractivity contribution in [1.29, 1.82) is 0 Å². The van der Waals surface area contributed by atoms with E-state index in [-0.39, 0.29) is 17.9 Å². The summed E-state index contributed by atoms with van der Waals surface area (Å²) in [6.07, 6.45) is 4.21. The van der Waals surface area contributed by atoms with E-state index >= 15 is 0 Å². The van der Waals surface area contributed by atoms with Gasteiger partial charge in [-0.15, -0.1) is 0 Å². The minimum atomic E-state index is -0.139. The molecule has 1 atom stereocenters. The van der Waals surface area contributed by atoms with E-state index in [2.05, 4.69) is 5.32 Å². The summed E-state index contributed by atoms with van der Waals surface area (Å²) in [6, 6.07) is 10.9. The van der Waals surface area contributed by atoms with Gasteiger partial charge in [-0.25, -0.2) is 0 Å². The van der Waals surface area contributed by atoms with E-state index in [0.29, 0.717) is 18.5 Å². The molecule has 1 fully saturated rings. The number of hydrogen-bond acceptors (Lipinski definition) is 4. The van der Waals surface area contributed by atoms with Gasteiger partial charge >= 0.3 is 0 Å². The Morgan fingerprint density at radius 1 is 1.23 bits per heavy atom. The summed E-state index contributed by atoms with van der Waals surface area (Å²) in [5.41, 5.74) is 1.43. The summed E-state index contributed by atoms with van der Waals surface area (Å²) < 4.78 is 5.46. The van der Waals surface area contributed by atoms with E-state index < -0.39 is 0 Å². The van der Waals surface area contributed by atoms with Gasteiger partial charge in [0.1, 0.15) is 5.76 Å². The lowest BCUT2D eigenvalue weighted by Crippen LogP contribution is -2.35. The Labute approximate surface area is 153 Å². The maximum Gasteiger partial charge on any atom is 0.251 e. The van der Waals surface area contributed by atoms with Crippen LogP contribution in [0.1, 0.15) is 41.4 Å². The first-order valence-corrected chi connectivity index (χ1v) is 8.94. The smallest absolute Gasteiger partial charge is 0.251 e. The molecule has 0 radical (unpaired) electrons. The van der Waals surface area contributed by atoms with Crippen molar-refractivity contribution in [1.82, 2.24) is 10.2 Å². The van der Waals surface area contributed by atoms with Gasteiger partial charge < -0.3 is 14.6 Å². The van der Waals surface area contributed by atoms with Crippen molar-refractivity contribution < 1.29 is 14.0 Å². The number of carbonyl (C=O) groups is 2. The normalized spacial score (nSPS) is 16.0. The molecule has 1 unspecified atom stereocenters. The molecule has 26 heavy (non-hydrogen) atoms. The van der Waals surface area contributed by atoms with Crippen molar-refractivity contribution in [3.63, 3.8) is 0 Å². The number of likely N-dealkylation sites (N-methyl/N-ethyl adjacent to an activating group) is 1. The van der Waals surface area contributed by atoms with E-state index in [9.17, 15) is 9.59 Å². The molecule has 0 aliphatic carbocycles. The third kappa shape index (κ3) is 4.14. The predicted octanol–water partition coefficient (Wildman–Crippen LogP) is 2.83. The van der Waals surface area contributed by atoms with Gasteiger partial charge in [0.25, 0.3) is 5.91 Å². The lowest BCUT2D eigenvalue weighted by atomic mass is 10.1. The third-order valence-electron chi connectivity index (χ3n) is 4.72. The van der Waals surface area contributed by atoms with Crippen LogP contribution in [0.25, 0.3) is 0 Å². The zero-order valence-electron chi connectivity index (χ0n) is 15.3. The second kappa shape index (κ2) is 8.19. The molecule has 2 aromatic rings. The van der Waals surface area contributed by atoms with Crippen LogP contribution in [0.3, 0.4) is 0 Å². The van der Waals surface area contributed by atoms with Gasteiger partial charge in [0.2, 0.25) is 5.91 Å². The Morgan fingerprint density at radius 3 is 2.62 bits per heavy atom. The number of anilines is 1. The molecular weight excluding hydrogens is 330 g/mol. The number of amides is 2. The number of carbonyl (C=O) groups excluding carboxylic acids is 2. The van der Waals surface area contributed by atoms with Crippen LogP contribution >= 0.6 is 0 Å². The summed E-state index contributed by atoms with van der Waals surface area (Å²) in [5, 5.41) is 2.96. The summed E-state index contributed by atoms with van der Waals surface area (Å²) in [7, 11) is 3.90. The Balaban J connectivity index is 1.62. The number of nitrogens with zero attached hydrogens (tertiary/aromatic N) is 2. The molecule has 2 heterocycles. The van der Waals surface area contributed by atoms with Gasteiger partial charge in [-0.05, 0) is 63.3 Å². The van der Waals surface area contributed by atoms with Crippen molar-refractivity contribution in [2.45, 2.75) is 25.3 Å². The highest BCUT2D eigenvalue weighted by Crippen LogP contribution is 2.22. The molecule has 6 nitrogen and oxygen atoms in total. The van der Waals surface area contributed by atoms with Crippen molar-refractivity contribution >= 4 is 17.5 Å².